The standard InChI is InChI=1S/C20H16ClN3O3/c1-12-15(21)3-2-4-16(12)24-19-8-6-14(10-22-19)23-20(25)13-5-7-17-18(9-13)27-11-26-17/h2-10H,11H2,1H3,(H,22,24)(H,23,25). The van der Waals surface area contributed by atoms with Crippen LogP contribution >= 0.6 is 11.6 Å². The Morgan fingerprint density at radius 2 is 1.96 bits per heavy atom. The molecule has 0 fully saturated rings. The second-order valence-corrected chi connectivity index (χ2v) is 6.40. The minimum Gasteiger partial charge on any atom is -0.454 e. The zero-order chi connectivity index (χ0) is 18.8. The number of aromatic nitrogens is 1. The summed E-state index contributed by atoms with van der Waals surface area (Å²) in [6, 6.07) is 14.3. The number of amides is 1. The van der Waals surface area contributed by atoms with Crippen molar-refractivity contribution in [2.45, 2.75) is 6.92 Å². The predicted molar refractivity (Wildman–Crippen MR) is 104 cm³/mol. The van der Waals surface area contributed by atoms with E-state index in [-0.39, 0.29) is 12.7 Å². The van der Waals surface area contributed by atoms with Gasteiger partial charge in [-0.3, -0.25) is 4.79 Å². The molecule has 136 valence electrons. The quantitative estimate of drug-likeness (QED) is 0.681. The molecular weight excluding hydrogens is 366 g/mol. The fraction of sp³-hybridized carbons (Fsp3) is 0.100. The third-order valence-corrected chi connectivity index (χ3v) is 4.60. The number of pyridine rings is 1. The van der Waals surface area contributed by atoms with Gasteiger partial charge in [-0.15, -0.1) is 0 Å². The molecule has 6 nitrogen and oxygen atoms in total. The average Bonchev–Trinajstić information content (AvgIpc) is 3.15. The van der Waals surface area contributed by atoms with E-state index in [0.29, 0.717) is 33.6 Å². The molecule has 1 aliphatic heterocycles. The van der Waals surface area contributed by atoms with Gasteiger partial charge < -0.3 is 20.1 Å². The van der Waals surface area contributed by atoms with Crippen LogP contribution in [-0.4, -0.2) is 17.7 Å². The number of anilines is 3. The third kappa shape index (κ3) is 3.66. The van der Waals surface area contributed by atoms with E-state index in [0.717, 1.165) is 11.3 Å². The van der Waals surface area contributed by atoms with Crippen molar-refractivity contribution in [3.8, 4) is 11.5 Å². The highest BCUT2D eigenvalue weighted by atomic mass is 35.5. The summed E-state index contributed by atoms with van der Waals surface area (Å²) in [7, 11) is 0. The summed E-state index contributed by atoms with van der Waals surface area (Å²) in [5, 5.41) is 6.72. The molecule has 2 aromatic carbocycles. The van der Waals surface area contributed by atoms with Crippen molar-refractivity contribution in [3.63, 3.8) is 0 Å². The number of nitrogens with one attached hydrogen (secondary N) is 2. The van der Waals surface area contributed by atoms with Gasteiger partial charge >= 0.3 is 0 Å². The highest BCUT2D eigenvalue weighted by molar-refractivity contribution is 6.31. The van der Waals surface area contributed by atoms with Crippen molar-refractivity contribution in [1.82, 2.24) is 4.98 Å². The second-order valence-electron chi connectivity index (χ2n) is 5.99. The number of rotatable bonds is 4. The first-order valence-electron chi connectivity index (χ1n) is 8.29. The number of carbonyl (C=O) groups excluding carboxylic acids is 1. The number of ether oxygens (including phenoxy) is 2. The van der Waals surface area contributed by atoms with Crippen LogP contribution in [-0.2, 0) is 0 Å². The molecule has 0 atom stereocenters. The molecule has 1 aliphatic rings. The molecule has 27 heavy (non-hydrogen) atoms. The van der Waals surface area contributed by atoms with Crippen molar-refractivity contribution in [3.05, 3.63) is 70.9 Å². The van der Waals surface area contributed by atoms with Crippen LogP contribution in [0.3, 0.4) is 0 Å². The summed E-state index contributed by atoms with van der Waals surface area (Å²) >= 11 is 6.13. The average molecular weight is 382 g/mol. The van der Waals surface area contributed by atoms with E-state index in [9.17, 15) is 4.79 Å². The molecule has 2 heterocycles. The highest BCUT2D eigenvalue weighted by Crippen LogP contribution is 2.32. The fourth-order valence-corrected chi connectivity index (χ4v) is 2.84. The summed E-state index contributed by atoms with van der Waals surface area (Å²) < 4.78 is 10.5. The number of hydrogen-bond donors (Lipinski definition) is 2. The van der Waals surface area contributed by atoms with Crippen LogP contribution in [0.5, 0.6) is 11.5 Å². The Kier molecular flexibility index (Phi) is 4.56. The van der Waals surface area contributed by atoms with E-state index in [1.807, 2.05) is 25.1 Å². The molecule has 1 amide bonds. The van der Waals surface area contributed by atoms with Crippen LogP contribution in [0.15, 0.2) is 54.7 Å². The van der Waals surface area contributed by atoms with Crippen LogP contribution < -0.4 is 20.1 Å². The first-order chi connectivity index (χ1) is 13.1. The molecule has 2 N–H and O–H groups in total. The van der Waals surface area contributed by atoms with E-state index < -0.39 is 0 Å². The minimum absolute atomic E-state index is 0.172. The predicted octanol–water partition coefficient (Wildman–Crippen LogP) is 4.77. The van der Waals surface area contributed by atoms with Crippen LogP contribution in [0.1, 0.15) is 15.9 Å². The number of benzene rings is 2. The van der Waals surface area contributed by atoms with Gasteiger partial charge in [-0.2, -0.15) is 0 Å². The Hall–Kier alpha value is -3.25. The van der Waals surface area contributed by atoms with Crippen molar-refractivity contribution in [2.24, 2.45) is 0 Å². The lowest BCUT2D eigenvalue weighted by Crippen LogP contribution is -2.12. The van der Waals surface area contributed by atoms with Gasteiger partial charge in [0.2, 0.25) is 6.79 Å². The van der Waals surface area contributed by atoms with E-state index >= 15 is 0 Å². The summed E-state index contributed by atoms with van der Waals surface area (Å²) in [6.45, 7) is 2.11. The molecule has 1 aromatic heterocycles. The van der Waals surface area contributed by atoms with Gasteiger partial charge in [-0.1, -0.05) is 17.7 Å². The lowest BCUT2D eigenvalue weighted by atomic mass is 10.2. The van der Waals surface area contributed by atoms with Gasteiger partial charge in [0.1, 0.15) is 5.82 Å². The maximum Gasteiger partial charge on any atom is 0.255 e. The number of nitrogens with zero attached hydrogens (tertiary/aromatic N) is 1. The first-order valence-corrected chi connectivity index (χ1v) is 8.67. The number of carbonyl (C=O) groups is 1. The zero-order valence-electron chi connectivity index (χ0n) is 14.5. The SMILES string of the molecule is Cc1c(Cl)cccc1Nc1ccc(NC(=O)c2ccc3c(c2)OCO3)cn1. The Bertz CT molecular complexity index is 1010. The molecule has 7 heteroatoms. The van der Waals surface area contributed by atoms with Gasteiger partial charge in [0.05, 0.1) is 11.9 Å². The molecule has 0 spiro atoms. The molecule has 3 aromatic rings. The maximum absolute atomic E-state index is 12.4. The summed E-state index contributed by atoms with van der Waals surface area (Å²) in [6.07, 6.45) is 1.59. The van der Waals surface area contributed by atoms with Crippen LogP contribution in [0.25, 0.3) is 0 Å². The monoisotopic (exact) mass is 381 g/mol. The Morgan fingerprint density at radius 3 is 2.78 bits per heavy atom. The molecule has 4 rings (SSSR count). The van der Waals surface area contributed by atoms with Crippen molar-refractivity contribution in [2.75, 3.05) is 17.4 Å². The van der Waals surface area contributed by atoms with E-state index in [2.05, 4.69) is 15.6 Å². The third-order valence-electron chi connectivity index (χ3n) is 4.19. The van der Waals surface area contributed by atoms with E-state index in [1.165, 1.54) is 0 Å². The maximum atomic E-state index is 12.4. The van der Waals surface area contributed by atoms with Crippen molar-refractivity contribution >= 4 is 34.7 Å². The van der Waals surface area contributed by atoms with Gasteiger partial charge in [-0.05, 0) is 55.0 Å². The second kappa shape index (κ2) is 7.17. The summed E-state index contributed by atoms with van der Waals surface area (Å²) in [5.41, 5.74) is 2.90. The topological polar surface area (TPSA) is 72.5 Å². The van der Waals surface area contributed by atoms with Gasteiger partial charge in [-0.25, -0.2) is 4.98 Å². The zero-order valence-corrected chi connectivity index (χ0v) is 15.2. The summed E-state index contributed by atoms with van der Waals surface area (Å²) in [4.78, 5) is 16.7. The number of halogens is 1. The normalized spacial score (nSPS) is 11.9. The molecule has 0 aliphatic carbocycles. The van der Waals surface area contributed by atoms with Crippen LogP contribution in [0, 0.1) is 6.92 Å². The van der Waals surface area contributed by atoms with Gasteiger partial charge in [0.25, 0.3) is 5.91 Å². The Labute approximate surface area is 161 Å². The Balaban J connectivity index is 1.44. The minimum atomic E-state index is -0.249. The number of fused-ring (bicyclic) bond motifs is 1. The van der Waals surface area contributed by atoms with E-state index in [1.54, 1.807) is 36.5 Å². The highest BCUT2D eigenvalue weighted by Gasteiger charge is 2.16. The number of hydrogen-bond acceptors (Lipinski definition) is 5. The largest absolute Gasteiger partial charge is 0.454 e. The van der Waals surface area contributed by atoms with Gasteiger partial charge in [0.15, 0.2) is 11.5 Å². The lowest BCUT2D eigenvalue weighted by Gasteiger charge is -2.11. The fourth-order valence-electron chi connectivity index (χ4n) is 2.66. The smallest absolute Gasteiger partial charge is 0.255 e. The summed E-state index contributed by atoms with van der Waals surface area (Å²) in [5.74, 6) is 1.61. The molecule has 0 unspecified atom stereocenters. The molecule has 0 bridgehead atoms. The molecular formula is C20H16ClN3O3. The van der Waals surface area contributed by atoms with Crippen molar-refractivity contribution < 1.29 is 14.3 Å². The first kappa shape index (κ1) is 17.2. The van der Waals surface area contributed by atoms with Crippen LogP contribution in [0.2, 0.25) is 5.02 Å². The van der Waals surface area contributed by atoms with Crippen LogP contribution in [0.4, 0.5) is 17.2 Å². The van der Waals surface area contributed by atoms with Crippen molar-refractivity contribution in [1.29, 1.82) is 0 Å². The molecule has 0 saturated carbocycles. The molecule has 0 saturated heterocycles. The van der Waals surface area contributed by atoms with Gasteiger partial charge in [0, 0.05) is 16.3 Å². The lowest BCUT2D eigenvalue weighted by molar-refractivity contribution is 0.102. The Morgan fingerprint density at radius 1 is 1.11 bits per heavy atom. The van der Waals surface area contributed by atoms with E-state index in [4.69, 9.17) is 21.1 Å². The molecule has 0 radical (unpaired) electrons.